The quantitative estimate of drug-likeness (QED) is 0.654. The maximum atomic E-state index is 5.76. The van der Waals surface area contributed by atoms with Crippen LogP contribution in [-0.2, 0) is 6.54 Å². The average molecular weight is 164 g/mol. The molecule has 12 heavy (non-hydrogen) atoms. The Bertz CT molecular complexity index is 283. The molecule has 0 aliphatic heterocycles. The van der Waals surface area contributed by atoms with Crippen molar-refractivity contribution in [1.29, 1.82) is 0 Å². The lowest BCUT2D eigenvalue weighted by Crippen LogP contribution is -2.15. The number of nitrogens with zero attached hydrogens (tertiary/aromatic N) is 3. The van der Waals surface area contributed by atoms with E-state index >= 15 is 0 Å². The lowest BCUT2D eigenvalue weighted by molar-refractivity contribution is 0.612. The van der Waals surface area contributed by atoms with Gasteiger partial charge in [0.25, 0.3) is 0 Å². The van der Waals surface area contributed by atoms with E-state index in [1.54, 1.807) is 6.33 Å². The molecule has 1 rings (SSSR count). The Morgan fingerprint density at radius 2 is 2.58 bits per heavy atom. The van der Waals surface area contributed by atoms with Crippen LogP contribution in [0.5, 0.6) is 0 Å². The summed E-state index contributed by atoms with van der Waals surface area (Å²) in [5.41, 5.74) is 5.76. The molecular formula is C8H12N4. The molecule has 4 heteroatoms. The number of hydrogen-bond donors (Lipinski definition) is 1. The van der Waals surface area contributed by atoms with Gasteiger partial charge in [0.15, 0.2) is 5.82 Å². The average Bonchev–Trinajstić information content (AvgIpc) is 2.51. The third-order valence-corrected chi connectivity index (χ3v) is 1.66. The molecule has 0 saturated heterocycles. The zero-order valence-electron chi connectivity index (χ0n) is 7.07. The van der Waals surface area contributed by atoms with Crippen LogP contribution in [0.1, 0.15) is 25.2 Å². The summed E-state index contributed by atoms with van der Waals surface area (Å²) in [6, 6.07) is -0.197. The number of nitrogens with two attached hydrogens (primary N) is 1. The van der Waals surface area contributed by atoms with E-state index in [1.807, 2.05) is 11.5 Å². The van der Waals surface area contributed by atoms with E-state index in [1.165, 1.54) is 0 Å². The summed E-state index contributed by atoms with van der Waals surface area (Å²) in [6.07, 6.45) is 7.30. The molecule has 0 spiro atoms. The summed E-state index contributed by atoms with van der Waals surface area (Å²) in [5.74, 6) is 3.26. The largest absolute Gasteiger partial charge is 0.321 e. The first-order valence-corrected chi connectivity index (χ1v) is 3.86. The molecule has 64 valence electrons. The van der Waals surface area contributed by atoms with Gasteiger partial charge in [0.2, 0.25) is 0 Å². The van der Waals surface area contributed by atoms with Crippen LogP contribution in [0.3, 0.4) is 0 Å². The third-order valence-electron chi connectivity index (χ3n) is 1.66. The maximum Gasteiger partial charge on any atom is 0.150 e. The van der Waals surface area contributed by atoms with Crippen LogP contribution in [0.15, 0.2) is 6.33 Å². The van der Waals surface area contributed by atoms with E-state index in [4.69, 9.17) is 12.2 Å². The molecule has 0 aliphatic carbocycles. The van der Waals surface area contributed by atoms with E-state index in [0.717, 1.165) is 12.4 Å². The third kappa shape index (κ3) is 1.63. The van der Waals surface area contributed by atoms with Gasteiger partial charge in [0.05, 0.1) is 6.04 Å². The summed E-state index contributed by atoms with van der Waals surface area (Å²) in [7, 11) is 0. The highest BCUT2D eigenvalue weighted by Crippen LogP contribution is 2.09. The van der Waals surface area contributed by atoms with Crippen molar-refractivity contribution in [3.05, 3.63) is 12.2 Å². The molecule has 0 saturated carbocycles. The van der Waals surface area contributed by atoms with Crippen LogP contribution in [0.2, 0.25) is 0 Å². The van der Waals surface area contributed by atoms with Gasteiger partial charge in [0.1, 0.15) is 6.33 Å². The molecule has 0 fully saturated rings. The van der Waals surface area contributed by atoms with Gasteiger partial charge >= 0.3 is 0 Å². The fourth-order valence-corrected chi connectivity index (χ4v) is 1.01. The van der Waals surface area contributed by atoms with Gasteiger partial charge < -0.3 is 10.3 Å². The Hall–Kier alpha value is -1.34. The molecule has 1 unspecified atom stereocenters. The summed E-state index contributed by atoms with van der Waals surface area (Å²) >= 11 is 0. The molecule has 1 aromatic rings. The predicted octanol–water partition coefficient (Wildman–Crippen LogP) is 0.321. The van der Waals surface area contributed by atoms with Crippen LogP contribution in [0, 0.1) is 12.3 Å². The number of rotatable bonds is 3. The van der Waals surface area contributed by atoms with Crippen molar-refractivity contribution in [1.82, 2.24) is 14.8 Å². The zero-order valence-corrected chi connectivity index (χ0v) is 7.07. The van der Waals surface area contributed by atoms with Crippen molar-refractivity contribution in [3.63, 3.8) is 0 Å². The molecule has 1 heterocycles. The molecule has 4 nitrogen and oxygen atoms in total. The molecule has 0 aliphatic rings. The Kier molecular flexibility index (Phi) is 2.83. The second kappa shape index (κ2) is 3.88. The molecule has 1 atom stereocenters. The van der Waals surface area contributed by atoms with Crippen LogP contribution in [-0.4, -0.2) is 14.8 Å². The topological polar surface area (TPSA) is 56.7 Å². The van der Waals surface area contributed by atoms with Gasteiger partial charge in [-0.2, -0.15) is 0 Å². The minimum absolute atomic E-state index is 0.197. The molecule has 1 aromatic heterocycles. The van der Waals surface area contributed by atoms with Gasteiger partial charge in [-0.25, -0.2) is 0 Å². The van der Waals surface area contributed by atoms with Gasteiger partial charge in [-0.15, -0.1) is 22.5 Å². The minimum atomic E-state index is -0.197. The first-order valence-electron chi connectivity index (χ1n) is 3.86. The minimum Gasteiger partial charge on any atom is -0.321 e. The molecule has 0 bridgehead atoms. The monoisotopic (exact) mass is 164 g/mol. The van der Waals surface area contributed by atoms with Crippen LogP contribution in [0.25, 0.3) is 0 Å². The van der Waals surface area contributed by atoms with Crippen LogP contribution in [0.4, 0.5) is 0 Å². The molecule has 0 aromatic carbocycles. The first-order chi connectivity index (χ1) is 5.79. The summed E-state index contributed by atoms with van der Waals surface area (Å²) in [6.45, 7) is 2.83. The normalized spacial score (nSPS) is 12.4. The Morgan fingerprint density at radius 3 is 3.17 bits per heavy atom. The van der Waals surface area contributed by atoms with Crippen molar-refractivity contribution in [2.75, 3.05) is 0 Å². The van der Waals surface area contributed by atoms with E-state index < -0.39 is 0 Å². The van der Waals surface area contributed by atoms with Crippen LogP contribution < -0.4 is 5.73 Å². The number of aryl methyl sites for hydroxylation is 1. The van der Waals surface area contributed by atoms with Crippen molar-refractivity contribution in [2.45, 2.75) is 25.9 Å². The molecular weight excluding hydrogens is 152 g/mol. The fraction of sp³-hybridized carbons (Fsp3) is 0.500. The lowest BCUT2D eigenvalue weighted by Gasteiger charge is -2.07. The standard InChI is InChI=1S/C8H12N4/c1-3-5-7(9)8-11-10-6-12(8)4-2/h1,6-7H,4-5,9H2,2H3. The van der Waals surface area contributed by atoms with Crippen LogP contribution >= 0.6 is 0 Å². The lowest BCUT2D eigenvalue weighted by atomic mass is 10.2. The predicted molar refractivity (Wildman–Crippen MR) is 46.1 cm³/mol. The molecule has 2 N–H and O–H groups in total. The van der Waals surface area contributed by atoms with Crippen molar-refractivity contribution in [2.24, 2.45) is 5.73 Å². The van der Waals surface area contributed by atoms with Gasteiger partial charge in [-0.3, -0.25) is 0 Å². The van der Waals surface area contributed by atoms with Gasteiger partial charge in [-0.1, -0.05) is 0 Å². The highest BCUT2D eigenvalue weighted by atomic mass is 15.3. The van der Waals surface area contributed by atoms with Gasteiger partial charge in [-0.05, 0) is 6.92 Å². The van der Waals surface area contributed by atoms with Gasteiger partial charge in [0, 0.05) is 13.0 Å². The highest BCUT2D eigenvalue weighted by molar-refractivity contribution is 5.00. The molecule has 0 amide bonds. The highest BCUT2D eigenvalue weighted by Gasteiger charge is 2.10. The van der Waals surface area contributed by atoms with E-state index in [-0.39, 0.29) is 6.04 Å². The number of hydrogen-bond acceptors (Lipinski definition) is 3. The van der Waals surface area contributed by atoms with E-state index in [2.05, 4.69) is 16.1 Å². The SMILES string of the molecule is C#CCC(N)c1nncn1CC. The first kappa shape index (κ1) is 8.75. The van der Waals surface area contributed by atoms with E-state index in [9.17, 15) is 0 Å². The van der Waals surface area contributed by atoms with Crippen molar-refractivity contribution < 1.29 is 0 Å². The second-order valence-corrected chi connectivity index (χ2v) is 2.49. The fourth-order valence-electron chi connectivity index (χ4n) is 1.01. The molecule has 0 radical (unpaired) electrons. The Balaban J connectivity index is 2.80. The Morgan fingerprint density at radius 1 is 1.83 bits per heavy atom. The number of terminal acetylenes is 1. The maximum absolute atomic E-state index is 5.76. The smallest absolute Gasteiger partial charge is 0.150 e. The Labute approximate surface area is 71.8 Å². The summed E-state index contributed by atoms with van der Waals surface area (Å²) in [5, 5.41) is 7.66. The number of aromatic nitrogens is 3. The van der Waals surface area contributed by atoms with E-state index in [0.29, 0.717) is 6.42 Å². The van der Waals surface area contributed by atoms with Crippen molar-refractivity contribution >= 4 is 0 Å². The second-order valence-electron chi connectivity index (χ2n) is 2.49. The summed E-state index contributed by atoms with van der Waals surface area (Å²) < 4.78 is 1.89. The summed E-state index contributed by atoms with van der Waals surface area (Å²) in [4.78, 5) is 0. The zero-order chi connectivity index (χ0) is 8.97. The van der Waals surface area contributed by atoms with Crippen molar-refractivity contribution in [3.8, 4) is 12.3 Å².